The van der Waals surface area contributed by atoms with Crippen LogP contribution in [0.4, 0.5) is 0 Å². The summed E-state index contributed by atoms with van der Waals surface area (Å²) in [4.78, 5) is 12.6. The van der Waals surface area contributed by atoms with E-state index in [4.69, 9.17) is 9.47 Å². The Morgan fingerprint density at radius 1 is 1.45 bits per heavy atom. The molecule has 2 aliphatic rings. The zero-order valence-corrected chi connectivity index (χ0v) is 6.50. The lowest BCUT2D eigenvalue weighted by molar-refractivity contribution is -0.253. The Hall–Kier alpha value is -0.610. The molecule has 0 saturated carbocycles. The van der Waals surface area contributed by atoms with Crippen molar-refractivity contribution < 1.29 is 14.3 Å². The number of likely N-dealkylation sites (tertiary alicyclic amines) is 1. The molecular formula is C7H11NO3. The van der Waals surface area contributed by atoms with Gasteiger partial charge in [-0.2, -0.15) is 0 Å². The highest BCUT2D eigenvalue weighted by Gasteiger charge is 2.44. The van der Waals surface area contributed by atoms with Crippen LogP contribution >= 0.6 is 0 Å². The first-order valence-corrected chi connectivity index (χ1v) is 3.81. The Morgan fingerprint density at radius 3 is 2.45 bits per heavy atom. The normalized spacial score (nSPS) is 28.8. The molecule has 11 heavy (non-hydrogen) atoms. The molecule has 0 spiro atoms. The number of carbonyl (C=O) groups is 1. The van der Waals surface area contributed by atoms with Crippen LogP contribution in [-0.2, 0) is 14.3 Å². The van der Waals surface area contributed by atoms with Crippen LogP contribution in [0.15, 0.2) is 0 Å². The zero-order chi connectivity index (χ0) is 7.90. The lowest BCUT2D eigenvalue weighted by atomic mass is 10.2. The molecule has 2 rings (SSSR count). The van der Waals surface area contributed by atoms with Crippen LogP contribution in [0.3, 0.4) is 0 Å². The molecule has 0 radical (unpaired) electrons. The third-order valence-corrected chi connectivity index (χ3v) is 2.16. The summed E-state index contributed by atoms with van der Waals surface area (Å²) in [5.41, 5.74) is 0. The van der Waals surface area contributed by atoms with E-state index in [1.165, 1.54) is 0 Å². The third-order valence-electron chi connectivity index (χ3n) is 2.16. The summed E-state index contributed by atoms with van der Waals surface area (Å²) in [6.45, 7) is 3.72. The lowest BCUT2D eigenvalue weighted by Gasteiger charge is -2.41. The van der Waals surface area contributed by atoms with Gasteiger partial charge in [-0.15, -0.1) is 0 Å². The van der Waals surface area contributed by atoms with Gasteiger partial charge in [-0.1, -0.05) is 0 Å². The first-order chi connectivity index (χ1) is 5.22. The smallest absolute Gasteiger partial charge is 0.251 e. The number of rotatable bonds is 1. The predicted octanol–water partition coefficient (Wildman–Crippen LogP) is -0.0608. The average Bonchev–Trinajstić information content (AvgIpc) is 2.33. The van der Waals surface area contributed by atoms with Gasteiger partial charge < -0.3 is 9.47 Å². The van der Waals surface area contributed by atoms with Crippen LogP contribution in [0.2, 0.25) is 0 Å². The molecule has 0 aromatic carbocycles. The number of carbonyl (C=O) groups excluding carboxylic acids is 1. The molecule has 0 aliphatic carbocycles. The van der Waals surface area contributed by atoms with Crippen molar-refractivity contribution in [2.24, 2.45) is 0 Å². The maximum Gasteiger partial charge on any atom is 0.251 e. The van der Waals surface area contributed by atoms with Gasteiger partial charge in [0.2, 0.25) is 5.91 Å². The van der Waals surface area contributed by atoms with Crippen molar-refractivity contribution in [2.75, 3.05) is 19.8 Å². The summed E-state index contributed by atoms with van der Waals surface area (Å²) in [5.74, 6) is -0.635. The van der Waals surface area contributed by atoms with Crippen molar-refractivity contribution in [1.82, 2.24) is 4.90 Å². The van der Waals surface area contributed by atoms with Crippen molar-refractivity contribution in [3.63, 3.8) is 0 Å². The highest BCUT2D eigenvalue weighted by molar-refractivity contribution is 5.82. The van der Waals surface area contributed by atoms with Gasteiger partial charge in [0.05, 0.1) is 13.2 Å². The number of hydrogen-bond donors (Lipinski definition) is 0. The van der Waals surface area contributed by atoms with Gasteiger partial charge >= 0.3 is 0 Å². The quantitative estimate of drug-likeness (QED) is 0.500. The maximum atomic E-state index is 11.0. The summed E-state index contributed by atoms with van der Waals surface area (Å²) in [6.07, 6.45) is 0.627. The largest absolute Gasteiger partial charge is 0.330 e. The van der Waals surface area contributed by atoms with E-state index in [9.17, 15) is 4.79 Å². The van der Waals surface area contributed by atoms with Gasteiger partial charge in [-0.3, -0.25) is 9.69 Å². The minimum absolute atomic E-state index is 0.120. The van der Waals surface area contributed by atoms with E-state index in [1.807, 2.05) is 0 Å². The van der Waals surface area contributed by atoms with Crippen molar-refractivity contribution >= 4 is 5.91 Å². The average molecular weight is 157 g/mol. The molecule has 4 heteroatoms. The first-order valence-electron chi connectivity index (χ1n) is 3.81. The van der Waals surface area contributed by atoms with Crippen LogP contribution in [0.1, 0.15) is 13.3 Å². The second kappa shape index (κ2) is 2.19. The fourth-order valence-electron chi connectivity index (χ4n) is 1.40. The van der Waals surface area contributed by atoms with Gasteiger partial charge in [0.15, 0.2) is 0 Å². The Bertz CT molecular complexity index is 186. The van der Waals surface area contributed by atoms with E-state index in [2.05, 4.69) is 0 Å². The second-order valence-electron chi connectivity index (χ2n) is 2.89. The Kier molecular flexibility index (Phi) is 1.40. The number of hydrogen-bond acceptors (Lipinski definition) is 3. The molecule has 0 atom stereocenters. The molecule has 1 amide bonds. The summed E-state index contributed by atoms with van der Waals surface area (Å²) in [5, 5.41) is 0. The highest BCUT2D eigenvalue weighted by atomic mass is 16.8. The van der Waals surface area contributed by atoms with Gasteiger partial charge in [-0.25, -0.2) is 0 Å². The van der Waals surface area contributed by atoms with Crippen molar-refractivity contribution in [3.05, 3.63) is 0 Å². The number of β-lactam (4-membered cyclic amide) rings is 1. The maximum absolute atomic E-state index is 11.0. The third kappa shape index (κ3) is 0.937. The van der Waals surface area contributed by atoms with E-state index < -0.39 is 5.91 Å². The molecule has 0 aromatic heterocycles. The summed E-state index contributed by atoms with van der Waals surface area (Å²) < 4.78 is 10.6. The van der Waals surface area contributed by atoms with Crippen molar-refractivity contribution in [1.29, 1.82) is 0 Å². The summed E-state index contributed by atoms with van der Waals surface area (Å²) in [7, 11) is 0. The van der Waals surface area contributed by atoms with Gasteiger partial charge in [-0.05, 0) is 0 Å². The van der Waals surface area contributed by atoms with Crippen LogP contribution in [0.5, 0.6) is 0 Å². The van der Waals surface area contributed by atoms with E-state index in [0.717, 1.165) is 6.54 Å². The molecule has 0 aromatic rings. The predicted molar refractivity (Wildman–Crippen MR) is 36.6 cm³/mol. The van der Waals surface area contributed by atoms with Crippen molar-refractivity contribution in [2.45, 2.75) is 19.3 Å². The topological polar surface area (TPSA) is 38.8 Å². The fraction of sp³-hybridized carbons (Fsp3) is 0.857. The summed E-state index contributed by atoms with van der Waals surface area (Å²) in [6, 6.07) is 0. The van der Waals surface area contributed by atoms with Crippen molar-refractivity contribution in [3.8, 4) is 0 Å². The minimum Gasteiger partial charge on any atom is -0.330 e. The monoisotopic (exact) mass is 157 g/mol. The van der Waals surface area contributed by atoms with E-state index in [1.54, 1.807) is 11.8 Å². The Morgan fingerprint density at radius 2 is 2.09 bits per heavy atom. The van der Waals surface area contributed by atoms with E-state index in [0.29, 0.717) is 19.6 Å². The molecule has 0 bridgehead atoms. The molecule has 2 heterocycles. The minimum atomic E-state index is -0.755. The second-order valence-corrected chi connectivity index (χ2v) is 2.89. The zero-order valence-electron chi connectivity index (χ0n) is 6.50. The summed E-state index contributed by atoms with van der Waals surface area (Å²) >= 11 is 0. The van der Waals surface area contributed by atoms with Gasteiger partial charge in [0, 0.05) is 19.9 Å². The number of amides is 1. The Labute approximate surface area is 65.1 Å². The van der Waals surface area contributed by atoms with E-state index >= 15 is 0 Å². The molecule has 0 N–H and O–H groups in total. The van der Waals surface area contributed by atoms with Gasteiger partial charge in [0.1, 0.15) is 0 Å². The molecule has 4 nitrogen and oxygen atoms in total. The van der Waals surface area contributed by atoms with Gasteiger partial charge in [0.25, 0.3) is 5.91 Å². The SMILES string of the molecule is CC1(N2CCC2=O)OCCO1. The highest BCUT2D eigenvalue weighted by Crippen LogP contribution is 2.28. The molecule has 2 aliphatic heterocycles. The van der Waals surface area contributed by atoms with Crippen LogP contribution in [-0.4, -0.2) is 36.5 Å². The fourth-order valence-corrected chi connectivity index (χ4v) is 1.40. The van der Waals surface area contributed by atoms with Crippen LogP contribution in [0, 0.1) is 0 Å². The lowest BCUT2D eigenvalue weighted by Crippen LogP contribution is -2.57. The van der Waals surface area contributed by atoms with Crippen LogP contribution < -0.4 is 0 Å². The standard InChI is InChI=1S/C7H11NO3/c1-7(10-4-5-11-7)8-3-2-6(8)9/h2-5H2,1H3. The number of ether oxygens (including phenoxy) is 2. The molecule has 62 valence electrons. The number of nitrogens with zero attached hydrogens (tertiary/aromatic N) is 1. The molecule has 2 saturated heterocycles. The molecular weight excluding hydrogens is 146 g/mol. The van der Waals surface area contributed by atoms with Crippen LogP contribution in [0.25, 0.3) is 0 Å². The van der Waals surface area contributed by atoms with E-state index in [-0.39, 0.29) is 5.91 Å². The molecule has 2 fully saturated rings. The molecule has 0 unspecified atom stereocenters. The Balaban J connectivity index is 2.07. The first kappa shape index (κ1) is 7.06.